The van der Waals surface area contributed by atoms with Crippen molar-refractivity contribution in [3.63, 3.8) is 0 Å². The van der Waals surface area contributed by atoms with Crippen molar-refractivity contribution in [2.45, 2.75) is 71.9 Å². The van der Waals surface area contributed by atoms with Gasteiger partial charge in [0.1, 0.15) is 17.5 Å². The maximum Gasteiger partial charge on any atom is 0.321 e. The van der Waals surface area contributed by atoms with E-state index in [4.69, 9.17) is 9.26 Å². The molecule has 0 spiro atoms. The summed E-state index contributed by atoms with van der Waals surface area (Å²) in [5, 5.41) is 19.7. The Bertz CT molecular complexity index is 1200. The normalized spacial score (nSPS) is 20.6. The topological polar surface area (TPSA) is 137 Å². The molecule has 2 aromatic rings. The molecule has 1 saturated carbocycles. The highest BCUT2D eigenvalue weighted by molar-refractivity contribution is 6.02. The first kappa shape index (κ1) is 29.4. The van der Waals surface area contributed by atoms with Gasteiger partial charge in [0, 0.05) is 25.4 Å². The number of benzene rings is 1. The van der Waals surface area contributed by atoms with E-state index in [0.717, 1.165) is 32.1 Å². The summed E-state index contributed by atoms with van der Waals surface area (Å²) >= 11 is 0. The number of amides is 4. The molecule has 2 heterocycles. The van der Waals surface area contributed by atoms with Crippen LogP contribution in [0.1, 0.15) is 67.8 Å². The Morgan fingerprint density at radius 1 is 1.20 bits per heavy atom. The number of hydrogen-bond donors (Lipinski definition) is 3. The highest BCUT2D eigenvalue weighted by Gasteiger charge is 2.35. The minimum absolute atomic E-state index is 0.0753. The van der Waals surface area contributed by atoms with Gasteiger partial charge < -0.3 is 34.8 Å². The van der Waals surface area contributed by atoms with E-state index in [1.807, 2.05) is 6.92 Å². The van der Waals surface area contributed by atoms with Crippen LogP contribution in [-0.4, -0.2) is 76.8 Å². The molecular weight excluding hydrogens is 514 g/mol. The molecule has 1 aromatic heterocycles. The first-order valence-electron chi connectivity index (χ1n) is 14.1. The number of aliphatic hydroxyl groups excluding tert-OH is 1. The van der Waals surface area contributed by atoms with Gasteiger partial charge >= 0.3 is 6.03 Å². The molecule has 3 N–H and O–H groups in total. The lowest BCUT2D eigenvalue weighted by Gasteiger charge is -2.38. The van der Waals surface area contributed by atoms with Gasteiger partial charge in [-0.15, -0.1) is 0 Å². The minimum atomic E-state index is -0.520. The van der Waals surface area contributed by atoms with Crippen LogP contribution in [-0.2, 0) is 4.79 Å². The fourth-order valence-electron chi connectivity index (χ4n) is 5.38. The highest BCUT2D eigenvalue weighted by Crippen LogP contribution is 2.36. The first-order valence-corrected chi connectivity index (χ1v) is 14.1. The van der Waals surface area contributed by atoms with Crippen molar-refractivity contribution < 1.29 is 28.8 Å². The molecule has 0 bridgehead atoms. The third-order valence-corrected chi connectivity index (χ3v) is 7.99. The number of likely N-dealkylation sites (N-methyl/N-ethyl adjacent to an activating group) is 1. The second-order valence-electron chi connectivity index (χ2n) is 11.1. The second kappa shape index (κ2) is 12.7. The third-order valence-electron chi connectivity index (χ3n) is 7.99. The maximum absolute atomic E-state index is 13.7. The lowest BCUT2D eigenvalue weighted by Crippen LogP contribution is -2.50. The zero-order valence-corrected chi connectivity index (χ0v) is 24.0. The average Bonchev–Trinajstić information content (AvgIpc) is 3.27. The number of nitrogens with one attached hydrogen (secondary N) is 2. The number of nitrogens with zero attached hydrogens (tertiary/aromatic N) is 3. The monoisotopic (exact) mass is 555 g/mol. The zero-order valence-electron chi connectivity index (χ0n) is 24.0. The molecule has 0 radical (unpaired) electrons. The third kappa shape index (κ3) is 6.41. The summed E-state index contributed by atoms with van der Waals surface area (Å²) in [5.74, 6) is 0.153. The van der Waals surface area contributed by atoms with Crippen molar-refractivity contribution in [1.82, 2.24) is 15.0 Å². The van der Waals surface area contributed by atoms with E-state index >= 15 is 0 Å². The van der Waals surface area contributed by atoms with E-state index in [9.17, 15) is 19.5 Å². The molecular formula is C29H41N5O6. The smallest absolute Gasteiger partial charge is 0.321 e. The van der Waals surface area contributed by atoms with Crippen molar-refractivity contribution in [2.75, 3.05) is 37.4 Å². The van der Waals surface area contributed by atoms with Crippen LogP contribution in [0.15, 0.2) is 22.7 Å². The quantitative estimate of drug-likeness (QED) is 0.466. The summed E-state index contributed by atoms with van der Waals surface area (Å²) < 4.78 is 11.7. The van der Waals surface area contributed by atoms with E-state index in [2.05, 4.69) is 15.8 Å². The van der Waals surface area contributed by atoms with Crippen LogP contribution in [0.4, 0.5) is 16.2 Å². The van der Waals surface area contributed by atoms with Crippen molar-refractivity contribution in [3.05, 3.63) is 35.2 Å². The average molecular weight is 556 g/mol. The predicted octanol–water partition coefficient (Wildman–Crippen LogP) is 4.19. The number of hydrogen-bond acceptors (Lipinski definition) is 7. The first-order chi connectivity index (χ1) is 19.1. The maximum atomic E-state index is 13.7. The molecule has 1 aliphatic carbocycles. The van der Waals surface area contributed by atoms with Crippen molar-refractivity contribution >= 4 is 29.2 Å². The fourth-order valence-corrected chi connectivity index (χ4v) is 5.38. The summed E-state index contributed by atoms with van der Waals surface area (Å²) in [6.45, 7) is 7.54. The van der Waals surface area contributed by atoms with Crippen LogP contribution in [0.5, 0.6) is 5.75 Å². The van der Waals surface area contributed by atoms with Gasteiger partial charge in [0.2, 0.25) is 5.91 Å². The number of para-hydroxylation sites is 1. The van der Waals surface area contributed by atoms with E-state index in [-0.39, 0.29) is 48.6 Å². The number of urea groups is 1. The van der Waals surface area contributed by atoms with Crippen LogP contribution in [0, 0.1) is 25.7 Å². The number of aryl methyl sites for hydroxylation is 2. The molecule has 4 rings (SSSR count). The minimum Gasteiger partial charge on any atom is -0.485 e. The summed E-state index contributed by atoms with van der Waals surface area (Å²) in [4.78, 5) is 43.1. The van der Waals surface area contributed by atoms with Crippen molar-refractivity contribution in [2.24, 2.45) is 11.8 Å². The number of carbonyl (C=O) groups is 3. The second-order valence-corrected chi connectivity index (χ2v) is 11.1. The lowest BCUT2D eigenvalue weighted by atomic mass is 9.88. The summed E-state index contributed by atoms with van der Waals surface area (Å²) in [7, 11) is 1.67. The Kier molecular flexibility index (Phi) is 9.34. The lowest BCUT2D eigenvalue weighted by molar-refractivity contribution is -0.120. The van der Waals surface area contributed by atoms with Crippen LogP contribution in [0.3, 0.4) is 0 Å². The molecule has 1 aromatic carbocycles. The Morgan fingerprint density at radius 2 is 1.93 bits per heavy atom. The van der Waals surface area contributed by atoms with Crippen LogP contribution in [0.2, 0.25) is 0 Å². The Morgan fingerprint density at radius 3 is 2.58 bits per heavy atom. The largest absolute Gasteiger partial charge is 0.485 e. The highest BCUT2D eigenvalue weighted by atomic mass is 16.5. The Balaban J connectivity index is 1.63. The Labute approximate surface area is 235 Å². The van der Waals surface area contributed by atoms with Gasteiger partial charge in [0.25, 0.3) is 5.91 Å². The molecule has 11 heteroatoms. The standard InChI is InChI=1S/C29H41N5O6/c1-17-14-34(18(2)16-35)28(37)22-12-9-13-23(30-27(36)21-10-7-6-8-11-21)26(22)39-24(17)15-33(5)29(38)31-25-19(3)32-40-20(25)4/h9,12-13,17-18,21,24,35H,6-8,10-11,14-16H2,1-5H3,(H,30,36)(H,31,38)/t17-,18-,24-/m0/s1. The van der Waals surface area contributed by atoms with Crippen LogP contribution in [0.25, 0.3) is 0 Å². The number of aliphatic hydroxyl groups is 1. The zero-order chi connectivity index (χ0) is 29.0. The Hall–Kier alpha value is -3.60. The van der Waals surface area contributed by atoms with Crippen LogP contribution < -0.4 is 15.4 Å². The molecule has 2 aliphatic rings. The number of carbonyl (C=O) groups excluding carboxylic acids is 3. The molecule has 1 fully saturated rings. The summed E-state index contributed by atoms with van der Waals surface area (Å²) in [6, 6.07) is 4.35. The fraction of sp³-hybridized carbons (Fsp3) is 0.586. The van der Waals surface area contributed by atoms with Gasteiger partial charge in [-0.05, 0) is 45.7 Å². The van der Waals surface area contributed by atoms with Gasteiger partial charge in [-0.2, -0.15) is 0 Å². The van der Waals surface area contributed by atoms with Gasteiger partial charge in [-0.1, -0.05) is 37.4 Å². The van der Waals surface area contributed by atoms with Gasteiger partial charge in [0.15, 0.2) is 11.5 Å². The SMILES string of the molecule is Cc1noc(C)c1NC(=O)N(C)C[C@@H]1Oc2c(NC(=O)C3CCCCC3)cccc2C(=O)N([C@@H](C)CO)C[C@@H]1C. The molecule has 11 nitrogen and oxygen atoms in total. The molecule has 3 atom stereocenters. The number of rotatable bonds is 7. The van der Waals surface area contributed by atoms with Crippen LogP contribution >= 0.6 is 0 Å². The number of aromatic nitrogens is 1. The molecule has 40 heavy (non-hydrogen) atoms. The van der Waals surface area contributed by atoms with E-state index in [0.29, 0.717) is 34.9 Å². The van der Waals surface area contributed by atoms with Crippen molar-refractivity contribution in [1.29, 1.82) is 0 Å². The number of anilines is 2. The molecule has 0 unspecified atom stereocenters. The summed E-state index contributed by atoms with van der Waals surface area (Å²) in [5.41, 5.74) is 1.84. The number of fused-ring (bicyclic) bond motifs is 1. The van der Waals surface area contributed by atoms with E-state index in [1.54, 1.807) is 50.9 Å². The van der Waals surface area contributed by atoms with Gasteiger partial charge in [0.05, 0.1) is 30.4 Å². The van der Waals surface area contributed by atoms with Gasteiger partial charge in [-0.25, -0.2) is 4.79 Å². The summed E-state index contributed by atoms with van der Waals surface area (Å²) in [6.07, 6.45) is 4.35. The van der Waals surface area contributed by atoms with E-state index < -0.39 is 12.1 Å². The molecule has 218 valence electrons. The van der Waals surface area contributed by atoms with E-state index in [1.165, 1.54) is 4.90 Å². The molecule has 1 aliphatic heterocycles. The number of ether oxygens (including phenoxy) is 1. The van der Waals surface area contributed by atoms with Gasteiger partial charge in [-0.3, -0.25) is 9.59 Å². The predicted molar refractivity (Wildman–Crippen MR) is 150 cm³/mol. The van der Waals surface area contributed by atoms with Crippen molar-refractivity contribution in [3.8, 4) is 5.75 Å². The molecule has 0 saturated heterocycles. The molecule has 4 amide bonds.